The second kappa shape index (κ2) is 5.36. The summed E-state index contributed by atoms with van der Waals surface area (Å²) in [5.74, 6) is 0. The number of ether oxygens (including phenoxy) is 2. The van der Waals surface area contributed by atoms with Crippen molar-refractivity contribution in [3.8, 4) is 0 Å². The SMILES string of the molecule is CC1NC(=O)O[C@@H](c2ccccc2Cl)[C@H]1OC(N)=O. The molecule has 6 nitrogen and oxygen atoms in total. The third kappa shape index (κ3) is 2.90. The summed E-state index contributed by atoms with van der Waals surface area (Å²) in [6.07, 6.45) is -3.06. The molecule has 1 saturated heterocycles. The molecule has 1 aromatic carbocycles. The van der Waals surface area contributed by atoms with E-state index in [0.29, 0.717) is 10.6 Å². The Morgan fingerprint density at radius 2 is 2.16 bits per heavy atom. The molecule has 0 saturated carbocycles. The summed E-state index contributed by atoms with van der Waals surface area (Å²) in [7, 11) is 0. The average molecular weight is 285 g/mol. The Morgan fingerprint density at radius 3 is 2.79 bits per heavy atom. The van der Waals surface area contributed by atoms with Crippen molar-refractivity contribution in [1.29, 1.82) is 0 Å². The third-order valence-corrected chi connectivity index (χ3v) is 3.18. The van der Waals surface area contributed by atoms with E-state index in [1.807, 2.05) is 0 Å². The Labute approximate surface area is 114 Å². The Morgan fingerprint density at radius 1 is 1.47 bits per heavy atom. The summed E-state index contributed by atoms with van der Waals surface area (Å²) in [5.41, 5.74) is 5.60. The first-order chi connectivity index (χ1) is 8.99. The van der Waals surface area contributed by atoms with Crippen molar-refractivity contribution < 1.29 is 19.1 Å². The van der Waals surface area contributed by atoms with Crippen molar-refractivity contribution in [1.82, 2.24) is 5.32 Å². The zero-order chi connectivity index (χ0) is 14.0. The van der Waals surface area contributed by atoms with Gasteiger partial charge in [0.1, 0.15) is 0 Å². The number of hydrogen-bond acceptors (Lipinski definition) is 4. The molecule has 1 unspecified atom stereocenters. The second-order valence-electron chi connectivity index (χ2n) is 4.18. The van der Waals surface area contributed by atoms with Crippen LogP contribution in [0, 0.1) is 0 Å². The van der Waals surface area contributed by atoms with E-state index in [-0.39, 0.29) is 0 Å². The van der Waals surface area contributed by atoms with Gasteiger partial charge in [-0.3, -0.25) is 0 Å². The maximum atomic E-state index is 11.5. The number of amides is 2. The molecule has 19 heavy (non-hydrogen) atoms. The third-order valence-electron chi connectivity index (χ3n) is 2.83. The fraction of sp³-hybridized carbons (Fsp3) is 0.333. The van der Waals surface area contributed by atoms with Gasteiger partial charge in [-0.05, 0) is 13.0 Å². The van der Waals surface area contributed by atoms with Crippen LogP contribution < -0.4 is 11.1 Å². The van der Waals surface area contributed by atoms with Crippen molar-refractivity contribution in [2.45, 2.75) is 25.2 Å². The molecule has 7 heteroatoms. The van der Waals surface area contributed by atoms with Crippen LogP contribution in [0.25, 0.3) is 0 Å². The lowest BCUT2D eigenvalue weighted by Crippen LogP contribution is -2.53. The van der Waals surface area contributed by atoms with E-state index in [9.17, 15) is 9.59 Å². The first-order valence-electron chi connectivity index (χ1n) is 5.66. The highest BCUT2D eigenvalue weighted by molar-refractivity contribution is 6.31. The number of benzene rings is 1. The molecule has 1 aliphatic rings. The average Bonchev–Trinajstić information content (AvgIpc) is 2.33. The molecular weight excluding hydrogens is 272 g/mol. The Hall–Kier alpha value is -1.95. The summed E-state index contributed by atoms with van der Waals surface area (Å²) < 4.78 is 10.2. The largest absolute Gasteiger partial charge is 0.440 e. The lowest BCUT2D eigenvalue weighted by Gasteiger charge is -2.35. The van der Waals surface area contributed by atoms with E-state index in [4.69, 9.17) is 26.8 Å². The molecule has 1 heterocycles. The highest BCUT2D eigenvalue weighted by Gasteiger charge is 2.40. The van der Waals surface area contributed by atoms with Crippen LogP contribution in [0.4, 0.5) is 9.59 Å². The minimum absolute atomic E-state index is 0.424. The van der Waals surface area contributed by atoms with Crippen LogP contribution >= 0.6 is 11.6 Å². The van der Waals surface area contributed by atoms with Crippen LogP contribution in [0.2, 0.25) is 5.02 Å². The molecule has 2 rings (SSSR count). The van der Waals surface area contributed by atoms with E-state index in [1.165, 1.54) is 0 Å². The van der Waals surface area contributed by atoms with E-state index in [2.05, 4.69) is 5.32 Å². The van der Waals surface area contributed by atoms with Gasteiger partial charge in [0.2, 0.25) is 0 Å². The first-order valence-corrected chi connectivity index (χ1v) is 6.04. The van der Waals surface area contributed by atoms with E-state index >= 15 is 0 Å². The van der Waals surface area contributed by atoms with Crippen molar-refractivity contribution in [3.63, 3.8) is 0 Å². The molecule has 2 amide bonds. The Kier molecular flexibility index (Phi) is 3.80. The highest BCUT2D eigenvalue weighted by atomic mass is 35.5. The number of nitrogens with one attached hydrogen (secondary N) is 1. The highest BCUT2D eigenvalue weighted by Crippen LogP contribution is 2.33. The topological polar surface area (TPSA) is 90.7 Å². The minimum Gasteiger partial charge on any atom is -0.440 e. The monoisotopic (exact) mass is 284 g/mol. The predicted molar refractivity (Wildman–Crippen MR) is 67.7 cm³/mol. The van der Waals surface area contributed by atoms with Crippen LogP contribution in [0.1, 0.15) is 18.6 Å². The summed E-state index contributed by atoms with van der Waals surface area (Å²) in [4.78, 5) is 22.4. The van der Waals surface area contributed by atoms with E-state index in [0.717, 1.165) is 0 Å². The Bertz CT molecular complexity index is 508. The summed E-state index contributed by atoms with van der Waals surface area (Å²) in [5, 5.41) is 2.94. The molecule has 1 fully saturated rings. The number of hydrogen-bond donors (Lipinski definition) is 2. The molecule has 1 aromatic rings. The lowest BCUT2D eigenvalue weighted by molar-refractivity contribution is -0.0463. The number of cyclic esters (lactones) is 1. The molecule has 3 N–H and O–H groups in total. The van der Waals surface area contributed by atoms with Gasteiger partial charge in [0.15, 0.2) is 12.2 Å². The van der Waals surface area contributed by atoms with Crippen LogP contribution in [0.5, 0.6) is 0 Å². The number of primary amides is 1. The fourth-order valence-corrected chi connectivity index (χ4v) is 2.23. The number of carbonyl (C=O) groups is 2. The zero-order valence-electron chi connectivity index (χ0n) is 10.1. The summed E-state index contributed by atoms with van der Waals surface area (Å²) in [6, 6.07) is 6.44. The number of halogens is 1. The number of carbonyl (C=O) groups excluding carboxylic acids is 2. The van der Waals surface area contributed by atoms with Gasteiger partial charge in [-0.1, -0.05) is 29.8 Å². The van der Waals surface area contributed by atoms with Gasteiger partial charge in [-0.25, -0.2) is 9.59 Å². The predicted octanol–water partition coefficient (Wildman–Crippen LogP) is 1.97. The van der Waals surface area contributed by atoms with Gasteiger partial charge in [-0.15, -0.1) is 0 Å². The van der Waals surface area contributed by atoms with Crippen LogP contribution in [0.3, 0.4) is 0 Å². The second-order valence-corrected chi connectivity index (χ2v) is 4.59. The van der Waals surface area contributed by atoms with Gasteiger partial charge in [0.05, 0.1) is 6.04 Å². The molecule has 102 valence electrons. The standard InChI is InChI=1S/C12H13ClN2O4/c1-6-9(18-11(14)16)10(19-12(17)15-6)7-4-2-3-5-8(7)13/h2-6,9-10H,1H3,(H2,14,16)(H,15,17)/t6?,9-,10-/m0/s1. The van der Waals surface area contributed by atoms with Crippen LogP contribution in [-0.4, -0.2) is 24.3 Å². The molecular formula is C12H13ClN2O4. The molecule has 0 aliphatic carbocycles. The molecule has 0 bridgehead atoms. The van der Waals surface area contributed by atoms with E-state index in [1.54, 1.807) is 31.2 Å². The van der Waals surface area contributed by atoms with Gasteiger partial charge < -0.3 is 20.5 Å². The van der Waals surface area contributed by atoms with Crippen molar-refractivity contribution in [2.24, 2.45) is 5.73 Å². The van der Waals surface area contributed by atoms with Crippen LogP contribution in [-0.2, 0) is 9.47 Å². The molecule has 3 atom stereocenters. The van der Waals surface area contributed by atoms with Crippen molar-refractivity contribution >= 4 is 23.8 Å². The first kappa shape index (κ1) is 13.5. The number of nitrogens with two attached hydrogens (primary N) is 1. The van der Waals surface area contributed by atoms with Crippen molar-refractivity contribution in [2.75, 3.05) is 0 Å². The normalized spacial score (nSPS) is 26.2. The molecule has 0 aromatic heterocycles. The minimum atomic E-state index is -0.936. The van der Waals surface area contributed by atoms with Crippen LogP contribution in [0.15, 0.2) is 24.3 Å². The number of alkyl carbamates (subject to hydrolysis) is 1. The van der Waals surface area contributed by atoms with Crippen molar-refractivity contribution in [3.05, 3.63) is 34.9 Å². The molecule has 0 radical (unpaired) electrons. The van der Waals surface area contributed by atoms with Gasteiger partial charge in [0.25, 0.3) is 0 Å². The zero-order valence-corrected chi connectivity index (χ0v) is 10.9. The quantitative estimate of drug-likeness (QED) is 0.869. The number of rotatable bonds is 2. The van der Waals surface area contributed by atoms with E-state index < -0.39 is 30.4 Å². The fourth-order valence-electron chi connectivity index (χ4n) is 1.99. The summed E-state index contributed by atoms with van der Waals surface area (Å²) >= 11 is 6.07. The van der Waals surface area contributed by atoms with Gasteiger partial charge >= 0.3 is 12.2 Å². The Balaban J connectivity index is 2.35. The van der Waals surface area contributed by atoms with Gasteiger partial charge in [0, 0.05) is 10.6 Å². The summed E-state index contributed by atoms with van der Waals surface area (Å²) in [6.45, 7) is 1.69. The maximum absolute atomic E-state index is 11.5. The van der Waals surface area contributed by atoms with Gasteiger partial charge in [-0.2, -0.15) is 0 Å². The smallest absolute Gasteiger partial charge is 0.408 e. The molecule has 0 spiro atoms. The maximum Gasteiger partial charge on any atom is 0.408 e. The molecule has 1 aliphatic heterocycles. The lowest BCUT2D eigenvalue weighted by atomic mass is 9.98.